The van der Waals surface area contributed by atoms with E-state index >= 15 is 0 Å². The van der Waals surface area contributed by atoms with E-state index in [2.05, 4.69) is 53.6 Å². The minimum Gasteiger partial charge on any atom is -0.302 e. The SMILES string of the molecule is Cc1ccc(-c2csc(NC(=O)CCCSc3ccccc3)n2)cc1. The summed E-state index contributed by atoms with van der Waals surface area (Å²) in [4.78, 5) is 17.8. The molecule has 0 saturated carbocycles. The van der Waals surface area contributed by atoms with Gasteiger partial charge in [-0.05, 0) is 31.2 Å². The number of aromatic nitrogens is 1. The Morgan fingerprint density at radius 1 is 1.12 bits per heavy atom. The Bertz CT molecular complexity index is 813. The largest absolute Gasteiger partial charge is 0.302 e. The summed E-state index contributed by atoms with van der Waals surface area (Å²) < 4.78 is 0. The molecular formula is C20H20N2OS2. The van der Waals surface area contributed by atoms with Crippen molar-refractivity contribution < 1.29 is 4.79 Å². The first kappa shape index (κ1) is 17.7. The second-order valence-corrected chi connectivity index (χ2v) is 7.74. The topological polar surface area (TPSA) is 42.0 Å². The maximum atomic E-state index is 12.1. The second-order valence-electron chi connectivity index (χ2n) is 5.72. The summed E-state index contributed by atoms with van der Waals surface area (Å²) in [5, 5.41) is 5.54. The maximum Gasteiger partial charge on any atom is 0.226 e. The number of benzene rings is 2. The fourth-order valence-corrected chi connectivity index (χ4v) is 3.92. The molecule has 0 aliphatic heterocycles. The third kappa shape index (κ3) is 5.44. The number of aryl methyl sites for hydroxylation is 1. The number of thioether (sulfide) groups is 1. The summed E-state index contributed by atoms with van der Waals surface area (Å²) in [6.45, 7) is 2.06. The molecule has 25 heavy (non-hydrogen) atoms. The molecule has 1 amide bonds. The summed E-state index contributed by atoms with van der Waals surface area (Å²) in [5.74, 6) is 0.961. The van der Waals surface area contributed by atoms with Crippen molar-refractivity contribution >= 4 is 34.1 Å². The number of nitrogens with zero attached hydrogens (tertiary/aromatic N) is 1. The van der Waals surface area contributed by atoms with Gasteiger partial charge in [-0.15, -0.1) is 23.1 Å². The van der Waals surface area contributed by atoms with Crippen LogP contribution in [0.4, 0.5) is 5.13 Å². The number of nitrogens with one attached hydrogen (secondary N) is 1. The Morgan fingerprint density at radius 3 is 2.64 bits per heavy atom. The normalized spacial score (nSPS) is 10.6. The number of thiazole rings is 1. The van der Waals surface area contributed by atoms with Crippen molar-refractivity contribution in [2.45, 2.75) is 24.7 Å². The van der Waals surface area contributed by atoms with E-state index in [0.29, 0.717) is 11.6 Å². The molecule has 3 rings (SSSR count). The van der Waals surface area contributed by atoms with Crippen LogP contribution in [0.5, 0.6) is 0 Å². The van der Waals surface area contributed by atoms with Crippen molar-refractivity contribution in [3.63, 3.8) is 0 Å². The lowest BCUT2D eigenvalue weighted by Gasteiger charge is -2.02. The van der Waals surface area contributed by atoms with E-state index in [1.807, 2.05) is 23.6 Å². The predicted octanol–water partition coefficient (Wildman–Crippen LogP) is 5.63. The molecule has 0 bridgehead atoms. The Hall–Kier alpha value is -2.11. The van der Waals surface area contributed by atoms with Crippen LogP contribution >= 0.6 is 23.1 Å². The van der Waals surface area contributed by atoms with Crippen molar-refractivity contribution in [2.75, 3.05) is 11.1 Å². The standard InChI is InChI=1S/C20H20N2OS2/c1-15-9-11-16(12-10-15)18-14-25-20(21-18)22-19(23)8-5-13-24-17-6-3-2-4-7-17/h2-4,6-7,9-12,14H,5,8,13H2,1H3,(H,21,22,23). The van der Waals surface area contributed by atoms with Gasteiger partial charge in [0.2, 0.25) is 5.91 Å². The van der Waals surface area contributed by atoms with Gasteiger partial charge in [-0.25, -0.2) is 4.98 Å². The number of carbonyl (C=O) groups is 1. The quantitative estimate of drug-likeness (QED) is 0.434. The van der Waals surface area contributed by atoms with Gasteiger partial charge in [-0.3, -0.25) is 4.79 Å². The minimum atomic E-state index is 0.0264. The molecule has 5 heteroatoms. The first-order chi connectivity index (χ1) is 12.2. The first-order valence-electron chi connectivity index (χ1n) is 8.21. The van der Waals surface area contributed by atoms with Gasteiger partial charge in [-0.2, -0.15) is 0 Å². The van der Waals surface area contributed by atoms with Crippen LogP contribution < -0.4 is 5.32 Å². The van der Waals surface area contributed by atoms with Gasteiger partial charge in [0, 0.05) is 22.3 Å². The lowest BCUT2D eigenvalue weighted by Crippen LogP contribution is -2.11. The minimum absolute atomic E-state index is 0.0264. The average molecular weight is 369 g/mol. The Balaban J connectivity index is 1.44. The molecule has 1 aromatic heterocycles. The van der Waals surface area contributed by atoms with Crippen molar-refractivity contribution in [3.05, 3.63) is 65.5 Å². The van der Waals surface area contributed by atoms with Crippen LogP contribution in [0.3, 0.4) is 0 Å². The Labute approximate surface area is 156 Å². The second kappa shape index (κ2) is 8.83. The summed E-state index contributed by atoms with van der Waals surface area (Å²) in [7, 11) is 0. The van der Waals surface area contributed by atoms with Gasteiger partial charge >= 0.3 is 0 Å². The molecule has 0 spiro atoms. The van der Waals surface area contributed by atoms with E-state index in [9.17, 15) is 4.79 Å². The number of hydrogen-bond acceptors (Lipinski definition) is 4. The van der Waals surface area contributed by atoms with Crippen LogP contribution in [-0.4, -0.2) is 16.6 Å². The fraction of sp³-hybridized carbons (Fsp3) is 0.200. The zero-order valence-electron chi connectivity index (χ0n) is 14.1. The lowest BCUT2D eigenvalue weighted by molar-refractivity contribution is -0.116. The van der Waals surface area contributed by atoms with Crippen molar-refractivity contribution in [2.24, 2.45) is 0 Å². The molecule has 0 atom stereocenters. The summed E-state index contributed by atoms with van der Waals surface area (Å²) in [5.41, 5.74) is 3.20. The molecule has 0 fully saturated rings. The molecule has 0 radical (unpaired) electrons. The molecule has 128 valence electrons. The number of anilines is 1. The van der Waals surface area contributed by atoms with Crippen LogP contribution in [0, 0.1) is 6.92 Å². The van der Waals surface area contributed by atoms with Crippen LogP contribution in [0.1, 0.15) is 18.4 Å². The average Bonchev–Trinajstić information content (AvgIpc) is 3.09. The zero-order valence-corrected chi connectivity index (χ0v) is 15.7. The highest BCUT2D eigenvalue weighted by atomic mass is 32.2. The molecule has 0 aliphatic rings. The summed E-state index contributed by atoms with van der Waals surface area (Å²) in [6, 6.07) is 18.5. The molecule has 2 aromatic carbocycles. The zero-order chi connectivity index (χ0) is 17.5. The number of rotatable bonds is 7. The Kier molecular flexibility index (Phi) is 6.25. The molecule has 1 heterocycles. The fourth-order valence-electron chi connectivity index (χ4n) is 2.31. The third-order valence-electron chi connectivity index (χ3n) is 3.66. The van der Waals surface area contributed by atoms with Crippen LogP contribution in [0.2, 0.25) is 0 Å². The smallest absolute Gasteiger partial charge is 0.226 e. The van der Waals surface area contributed by atoms with E-state index < -0.39 is 0 Å². The van der Waals surface area contributed by atoms with Gasteiger partial charge in [0.15, 0.2) is 5.13 Å². The van der Waals surface area contributed by atoms with Crippen LogP contribution in [0.25, 0.3) is 11.3 Å². The monoisotopic (exact) mass is 368 g/mol. The van der Waals surface area contributed by atoms with E-state index in [4.69, 9.17) is 0 Å². The van der Waals surface area contributed by atoms with Crippen molar-refractivity contribution in [1.82, 2.24) is 4.98 Å². The number of amides is 1. The van der Waals surface area contributed by atoms with E-state index in [1.165, 1.54) is 21.8 Å². The number of carbonyl (C=O) groups excluding carboxylic acids is 1. The highest BCUT2D eigenvalue weighted by Crippen LogP contribution is 2.25. The Morgan fingerprint density at radius 2 is 1.88 bits per heavy atom. The van der Waals surface area contributed by atoms with Gasteiger partial charge in [0.05, 0.1) is 5.69 Å². The highest BCUT2D eigenvalue weighted by molar-refractivity contribution is 7.99. The van der Waals surface area contributed by atoms with E-state index in [-0.39, 0.29) is 5.91 Å². The van der Waals surface area contributed by atoms with Gasteiger partial charge in [0.1, 0.15) is 0 Å². The highest BCUT2D eigenvalue weighted by Gasteiger charge is 2.08. The van der Waals surface area contributed by atoms with Gasteiger partial charge < -0.3 is 5.32 Å². The summed E-state index contributed by atoms with van der Waals surface area (Å²) in [6.07, 6.45) is 1.36. The molecular weight excluding hydrogens is 348 g/mol. The first-order valence-corrected chi connectivity index (χ1v) is 10.1. The van der Waals surface area contributed by atoms with Gasteiger partial charge in [-0.1, -0.05) is 48.0 Å². The molecule has 0 aliphatic carbocycles. The maximum absolute atomic E-state index is 12.1. The summed E-state index contributed by atoms with van der Waals surface area (Å²) >= 11 is 3.24. The molecule has 0 saturated heterocycles. The molecule has 0 unspecified atom stereocenters. The molecule has 3 nitrogen and oxygen atoms in total. The van der Waals surface area contributed by atoms with E-state index in [1.54, 1.807) is 11.8 Å². The van der Waals surface area contributed by atoms with Crippen LogP contribution in [0.15, 0.2) is 64.9 Å². The number of hydrogen-bond donors (Lipinski definition) is 1. The van der Waals surface area contributed by atoms with Crippen molar-refractivity contribution in [1.29, 1.82) is 0 Å². The lowest BCUT2D eigenvalue weighted by atomic mass is 10.1. The van der Waals surface area contributed by atoms with Crippen LogP contribution in [-0.2, 0) is 4.79 Å². The van der Waals surface area contributed by atoms with Gasteiger partial charge in [0.25, 0.3) is 0 Å². The van der Waals surface area contributed by atoms with Crippen molar-refractivity contribution in [3.8, 4) is 11.3 Å². The third-order valence-corrected chi connectivity index (χ3v) is 5.51. The van der Waals surface area contributed by atoms with E-state index in [0.717, 1.165) is 23.4 Å². The molecule has 1 N–H and O–H groups in total. The predicted molar refractivity (Wildman–Crippen MR) is 107 cm³/mol. The molecule has 3 aromatic rings.